The van der Waals surface area contributed by atoms with Gasteiger partial charge < -0.3 is 13.7 Å². The number of nitrogens with zero attached hydrogens (tertiary/aromatic N) is 5. The van der Waals surface area contributed by atoms with E-state index in [0.717, 1.165) is 18.5 Å². The molecule has 0 unspecified atom stereocenters. The zero-order valence-electron chi connectivity index (χ0n) is 14.8. The zero-order chi connectivity index (χ0) is 19.1. The van der Waals surface area contributed by atoms with Gasteiger partial charge in [0.2, 0.25) is 11.8 Å². The predicted octanol–water partition coefficient (Wildman–Crippen LogP) is 3.84. The van der Waals surface area contributed by atoms with Crippen molar-refractivity contribution in [3.63, 3.8) is 0 Å². The Bertz CT molecular complexity index is 1130. The van der Waals surface area contributed by atoms with E-state index in [0.29, 0.717) is 28.1 Å². The minimum Gasteiger partial charge on any atom is -0.419 e. The molecular formula is C20H16ClN5O2. The van der Waals surface area contributed by atoms with E-state index in [2.05, 4.69) is 15.2 Å². The van der Waals surface area contributed by atoms with Gasteiger partial charge in [-0.05, 0) is 37.1 Å². The number of carbonyl (C=O) groups excluding carboxylic acids is 1. The average molecular weight is 394 g/mol. The minimum atomic E-state index is -0.135. The molecular weight excluding hydrogens is 378 g/mol. The molecule has 0 radical (unpaired) electrons. The van der Waals surface area contributed by atoms with E-state index in [-0.39, 0.29) is 18.5 Å². The number of pyridine rings is 1. The molecule has 7 nitrogen and oxygen atoms in total. The fraction of sp³-hybridized carbons (Fsp3) is 0.200. The second-order valence-corrected chi connectivity index (χ2v) is 7.14. The maximum atomic E-state index is 13.1. The second kappa shape index (κ2) is 6.76. The molecule has 1 saturated carbocycles. The fourth-order valence-corrected chi connectivity index (χ4v) is 3.36. The van der Waals surface area contributed by atoms with Gasteiger partial charge in [0.15, 0.2) is 0 Å². The minimum absolute atomic E-state index is 0.135. The Morgan fingerprint density at radius 2 is 2.00 bits per heavy atom. The molecule has 0 spiro atoms. The van der Waals surface area contributed by atoms with Crippen LogP contribution in [-0.4, -0.2) is 36.4 Å². The monoisotopic (exact) mass is 393 g/mol. The average Bonchev–Trinajstić information content (AvgIpc) is 3.28. The van der Waals surface area contributed by atoms with Crippen LogP contribution in [-0.2, 0) is 6.54 Å². The Morgan fingerprint density at radius 3 is 2.79 bits per heavy atom. The number of amides is 1. The fourth-order valence-electron chi connectivity index (χ4n) is 3.14. The third-order valence-corrected chi connectivity index (χ3v) is 5.04. The topological polar surface area (TPSA) is 76.5 Å². The quantitative estimate of drug-likeness (QED) is 0.514. The van der Waals surface area contributed by atoms with Crippen molar-refractivity contribution >= 4 is 23.2 Å². The van der Waals surface area contributed by atoms with Crippen molar-refractivity contribution in [1.29, 1.82) is 0 Å². The molecule has 0 aliphatic heterocycles. The third kappa shape index (κ3) is 3.14. The molecule has 1 aromatic carbocycles. The molecule has 4 aromatic rings. The molecule has 1 fully saturated rings. The van der Waals surface area contributed by atoms with Gasteiger partial charge in [-0.15, -0.1) is 10.2 Å². The predicted molar refractivity (Wildman–Crippen MR) is 103 cm³/mol. The van der Waals surface area contributed by atoms with Crippen LogP contribution in [0, 0.1) is 0 Å². The first kappa shape index (κ1) is 16.9. The molecule has 3 heterocycles. The number of hydrogen-bond acceptors (Lipinski definition) is 5. The zero-order valence-corrected chi connectivity index (χ0v) is 15.6. The van der Waals surface area contributed by atoms with E-state index in [9.17, 15) is 4.79 Å². The molecule has 8 heteroatoms. The van der Waals surface area contributed by atoms with Gasteiger partial charge in [0.1, 0.15) is 11.3 Å². The lowest BCUT2D eigenvalue weighted by atomic mass is 10.2. The molecule has 1 aliphatic carbocycles. The van der Waals surface area contributed by atoms with Crippen LogP contribution in [0.25, 0.3) is 17.1 Å². The lowest BCUT2D eigenvalue weighted by molar-refractivity contribution is 0.0709. The Labute approximate surface area is 165 Å². The Balaban J connectivity index is 1.41. The molecule has 1 aliphatic rings. The molecule has 5 rings (SSSR count). The normalized spacial score (nSPS) is 13.8. The number of halogens is 1. The first-order chi connectivity index (χ1) is 13.7. The van der Waals surface area contributed by atoms with Crippen molar-refractivity contribution in [2.75, 3.05) is 0 Å². The lowest BCUT2D eigenvalue weighted by Gasteiger charge is -2.19. The van der Waals surface area contributed by atoms with Crippen molar-refractivity contribution in [2.24, 2.45) is 0 Å². The molecule has 0 N–H and O–H groups in total. The number of fused-ring (bicyclic) bond motifs is 1. The highest BCUT2D eigenvalue weighted by Crippen LogP contribution is 2.31. The van der Waals surface area contributed by atoms with E-state index in [1.165, 1.54) is 0 Å². The van der Waals surface area contributed by atoms with Gasteiger partial charge in [0, 0.05) is 18.4 Å². The molecule has 140 valence electrons. The van der Waals surface area contributed by atoms with E-state index in [1.807, 2.05) is 47.0 Å². The number of imidazole rings is 1. The van der Waals surface area contributed by atoms with Crippen molar-refractivity contribution in [3.05, 3.63) is 71.5 Å². The van der Waals surface area contributed by atoms with Crippen molar-refractivity contribution in [1.82, 2.24) is 24.5 Å². The van der Waals surface area contributed by atoms with Crippen LogP contribution >= 0.6 is 11.6 Å². The van der Waals surface area contributed by atoms with Crippen LogP contribution in [0.5, 0.6) is 0 Å². The van der Waals surface area contributed by atoms with Crippen LogP contribution in [0.3, 0.4) is 0 Å². The largest absolute Gasteiger partial charge is 0.419 e. The summed E-state index contributed by atoms with van der Waals surface area (Å²) in [5.41, 5.74) is 1.82. The molecule has 28 heavy (non-hydrogen) atoms. The van der Waals surface area contributed by atoms with Crippen molar-refractivity contribution in [3.8, 4) is 11.5 Å². The van der Waals surface area contributed by atoms with Crippen LogP contribution in [0.1, 0.15) is 29.2 Å². The van der Waals surface area contributed by atoms with E-state index < -0.39 is 0 Å². The van der Waals surface area contributed by atoms with Gasteiger partial charge >= 0.3 is 0 Å². The molecule has 3 aromatic heterocycles. The number of carbonyl (C=O) groups is 1. The third-order valence-electron chi connectivity index (χ3n) is 4.71. The highest BCUT2D eigenvalue weighted by molar-refractivity contribution is 6.33. The maximum absolute atomic E-state index is 13.1. The first-order valence-corrected chi connectivity index (χ1v) is 9.39. The van der Waals surface area contributed by atoms with Gasteiger partial charge in [0.05, 0.1) is 17.1 Å². The van der Waals surface area contributed by atoms with Crippen LogP contribution in [0.4, 0.5) is 0 Å². The van der Waals surface area contributed by atoms with Gasteiger partial charge in [-0.1, -0.05) is 29.8 Å². The second-order valence-electron chi connectivity index (χ2n) is 6.74. The number of benzene rings is 1. The number of hydrogen-bond donors (Lipinski definition) is 0. The molecule has 1 amide bonds. The van der Waals surface area contributed by atoms with Crippen LogP contribution in [0.2, 0.25) is 5.02 Å². The van der Waals surface area contributed by atoms with Gasteiger partial charge in [-0.2, -0.15) is 0 Å². The Kier molecular flexibility index (Phi) is 4.09. The van der Waals surface area contributed by atoms with E-state index in [4.69, 9.17) is 16.0 Å². The summed E-state index contributed by atoms with van der Waals surface area (Å²) in [7, 11) is 0. The number of aromatic nitrogens is 4. The maximum Gasteiger partial charge on any atom is 0.274 e. The summed E-state index contributed by atoms with van der Waals surface area (Å²) in [6.45, 7) is 0.245. The first-order valence-electron chi connectivity index (χ1n) is 9.01. The molecule has 0 bridgehead atoms. The highest BCUT2D eigenvalue weighted by Gasteiger charge is 2.35. The highest BCUT2D eigenvalue weighted by atomic mass is 35.5. The van der Waals surface area contributed by atoms with Crippen molar-refractivity contribution < 1.29 is 9.21 Å². The molecule has 0 atom stereocenters. The summed E-state index contributed by atoms with van der Waals surface area (Å²) < 4.78 is 7.61. The summed E-state index contributed by atoms with van der Waals surface area (Å²) in [6.07, 6.45) is 5.54. The number of rotatable bonds is 5. The SMILES string of the molecule is O=C(c1cn2ccccc2n1)N(Cc1nnc(-c2ccccc2Cl)o1)C1CC1. The van der Waals surface area contributed by atoms with E-state index in [1.54, 1.807) is 17.2 Å². The van der Waals surface area contributed by atoms with Crippen LogP contribution in [0.15, 0.2) is 59.3 Å². The summed E-state index contributed by atoms with van der Waals surface area (Å²) >= 11 is 6.20. The van der Waals surface area contributed by atoms with Crippen molar-refractivity contribution in [2.45, 2.75) is 25.4 Å². The van der Waals surface area contributed by atoms with E-state index >= 15 is 0 Å². The molecule has 0 saturated heterocycles. The van der Waals surface area contributed by atoms with Gasteiger partial charge in [-0.3, -0.25) is 4.79 Å². The Morgan fingerprint density at radius 1 is 1.18 bits per heavy atom. The Hall–Kier alpha value is -3.19. The van der Waals surface area contributed by atoms with Crippen LogP contribution < -0.4 is 0 Å². The summed E-state index contributed by atoms with van der Waals surface area (Å²) in [5, 5.41) is 8.74. The van der Waals surface area contributed by atoms with Gasteiger partial charge in [0.25, 0.3) is 5.91 Å². The standard InChI is InChI=1S/C20H16ClN5O2/c21-15-6-2-1-5-14(15)19-24-23-18(28-19)12-26(13-8-9-13)20(27)16-11-25-10-4-3-7-17(25)22-16/h1-7,10-11,13H,8-9,12H2. The summed E-state index contributed by atoms with van der Waals surface area (Å²) in [5.74, 6) is 0.583. The summed E-state index contributed by atoms with van der Waals surface area (Å²) in [6, 6.07) is 13.1. The van der Waals surface area contributed by atoms with Gasteiger partial charge in [-0.25, -0.2) is 4.98 Å². The lowest BCUT2D eigenvalue weighted by Crippen LogP contribution is -2.33. The summed E-state index contributed by atoms with van der Waals surface area (Å²) in [4.78, 5) is 19.3. The smallest absolute Gasteiger partial charge is 0.274 e.